The molecule has 0 bridgehead atoms. The quantitative estimate of drug-likeness (QED) is 0.0520. The van der Waals surface area contributed by atoms with Gasteiger partial charge < -0.3 is 20.1 Å². The molecule has 0 aromatic heterocycles. The lowest BCUT2D eigenvalue weighted by molar-refractivity contribution is 0.0940. The number of carbonyl (C=O) groups excluding carboxylic acids is 2. The van der Waals surface area contributed by atoms with E-state index >= 15 is 0 Å². The number of hydrogen-bond acceptors (Lipinski definition) is 6. The monoisotopic (exact) mass is 740 g/mol. The van der Waals surface area contributed by atoms with Gasteiger partial charge in [0.25, 0.3) is 11.8 Å². The van der Waals surface area contributed by atoms with E-state index in [1.165, 1.54) is 85.8 Å². The Morgan fingerprint density at radius 3 is 1.35 bits per heavy atom. The summed E-state index contributed by atoms with van der Waals surface area (Å²) in [5.74, 6) is 1.37. The lowest BCUT2D eigenvalue weighted by Crippen LogP contribution is -2.23. The molecule has 0 spiro atoms. The highest BCUT2D eigenvalue weighted by Gasteiger charge is 2.16. The van der Waals surface area contributed by atoms with Gasteiger partial charge in [0.1, 0.15) is 11.5 Å². The SMILES string of the molecule is CCCCCCCCOc1cccc(CNC(=O)c2ccccc2SSc2ccccc2C(=O)NCc2cccc(OCCCCCCCC)c2)c1. The minimum Gasteiger partial charge on any atom is -0.494 e. The smallest absolute Gasteiger partial charge is 0.252 e. The molecule has 0 aliphatic carbocycles. The molecule has 0 unspecified atom stereocenters. The van der Waals surface area contributed by atoms with Crippen molar-refractivity contribution in [2.75, 3.05) is 13.2 Å². The summed E-state index contributed by atoms with van der Waals surface area (Å²) in [6, 6.07) is 31.0. The van der Waals surface area contributed by atoms with Gasteiger partial charge in [0.05, 0.1) is 24.3 Å². The maximum absolute atomic E-state index is 13.4. The lowest BCUT2D eigenvalue weighted by Gasteiger charge is -2.13. The number of benzene rings is 4. The number of ether oxygens (including phenoxy) is 2. The molecule has 6 nitrogen and oxygen atoms in total. The fourth-order valence-electron chi connectivity index (χ4n) is 5.73. The van der Waals surface area contributed by atoms with Gasteiger partial charge in [-0.3, -0.25) is 9.59 Å². The normalized spacial score (nSPS) is 10.9. The van der Waals surface area contributed by atoms with Gasteiger partial charge in [0.2, 0.25) is 0 Å². The van der Waals surface area contributed by atoms with Crippen LogP contribution in [0.2, 0.25) is 0 Å². The predicted molar refractivity (Wildman–Crippen MR) is 218 cm³/mol. The molecule has 0 fully saturated rings. The first-order valence-electron chi connectivity index (χ1n) is 19.1. The van der Waals surface area contributed by atoms with Crippen molar-refractivity contribution in [1.82, 2.24) is 10.6 Å². The van der Waals surface area contributed by atoms with Crippen LogP contribution >= 0.6 is 21.6 Å². The fraction of sp³-hybridized carbons (Fsp3) is 0.409. The van der Waals surface area contributed by atoms with Crippen molar-refractivity contribution in [3.05, 3.63) is 119 Å². The van der Waals surface area contributed by atoms with Crippen LogP contribution in [0.25, 0.3) is 0 Å². The second-order valence-corrected chi connectivity index (χ2v) is 15.3. The van der Waals surface area contributed by atoms with Crippen LogP contribution in [-0.2, 0) is 13.1 Å². The van der Waals surface area contributed by atoms with Crippen LogP contribution in [-0.4, -0.2) is 25.0 Å². The van der Waals surface area contributed by atoms with Crippen LogP contribution in [0, 0.1) is 0 Å². The van der Waals surface area contributed by atoms with E-state index in [1.807, 2.05) is 97.1 Å². The highest BCUT2D eigenvalue weighted by molar-refractivity contribution is 8.76. The molecular weight excluding hydrogens is 685 g/mol. The van der Waals surface area contributed by atoms with Crippen LogP contribution in [0.1, 0.15) is 123 Å². The summed E-state index contributed by atoms with van der Waals surface area (Å²) in [5.41, 5.74) is 3.16. The molecule has 0 aliphatic heterocycles. The third kappa shape index (κ3) is 15.0. The van der Waals surface area contributed by atoms with Gasteiger partial charge in [-0.2, -0.15) is 0 Å². The Morgan fingerprint density at radius 1 is 0.500 bits per heavy atom. The largest absolute Gasteiger partial charge is 0.494 e. The summed E-state index contributed by atoms with van der Waals surface area (Å²) >= 11 is 0. The fourth-order valence-corrected chi connectivity index (χ4v) is 8.09. The van der Waals surface area contributed by atoms with Gasteiger partial charge in [-0.25, -0.2) is 0 Å². The highest BCUT2D eigenvalue weighted by atomic mass is 33.1. The van der Waals surface area contributed by atoms with Gasteiger partial charge >= 0.3 is 0 Å². The van der Waals surface area contributed by atoms with E-state index in [9.17, 15) is 9.59 Å². The average Bonchev–Trinajstić information content (AvgIpc) is 3.18. The lowest BCUT2D eigenvalue weighted by atomic mass is 10.1. The maximum Gasteiger partial charge on any atom is 0.252 e. The van der Waals surface area contributed by atoms with E-state index in [1.54, 1.807) is 0 Å². The standard InChI is InChI=1S/C44H56N2O4S2/c1-3-5-7-9-11-17-29-49-37-23-19-21-35(31-37)33-45-43(47)39-25-13-15-27-41(39)51-52-42-28-16-14-26-40(42)44(48)46-34-36-22-20-24-38(32-36)50-30-18-12-10-8-6-4-2/h13-16,19-28,31-32H,3-12,17-18,29-30,33-34H2,1-2H3,(H,45,47)(H,46,48). The van der Waals surface area contributed by atoms with Gasteiger partial charge in [0.15, 0.2) is 0 Å². The van der Waals surface area contributed by atoms with E-state index in [0.717, 1.165) is 45.3 Å². The van der Waals surface area contributed by atoms with Crippen molar-refractivity contribution >= 4 is 33.4 Å². The summed E-state index contributed by atoms with van der Waals surface area (Å²) < 4.78 is 12.0. The number of amides is 2. The van der Waals surface area contributed by atoms with Gasteiger partial charge in [-0.15, -0.1) is 0 Å². The summed E-state index contributed by atoms with van der Waals surface area (Å²) in [6.07, 6.45) is 14.7. The van der Waals surface area contributed by atoms with Crippen molar-refractivity contribution in [3.8, 4) is 11.5 Å². The van der Waals surface area contributed by atoms with E-state index in [-0.39, 0.29) is 11.8 Å². The van der Waals surface area contributed by atoms with Crippen LogP contribution in [0.4, 0.5) is 0 Å². The first-order chi connectivity index (χ1) is 25.6. The second kappa shape index (κ2) is 24.4. The maximum atomic E-state index is 13.4. The molecule has 52 heavy (non-hydrogen) atoms. The Bertz CT molecular complexity index is 1530. The summed E-state index contributed by atoms with van der Waals surface area (Å²) in [5, 5.41) is 6.15. The molecule has 4 rings (SSSR count). The van der Waals surface area contributed by atoms with Crippen molar-refractivity contribution < 1.29 is 19.1 Å². The summed E-state index contributed by atoms with van der Waals surface area (Å²) in [4.78, 5) is 28.4. The molecule has 0 saturated heterocycles. The molecule has 0 heterocycles. The Hall–Kier alpha value is -3.88. The third-order valence-electron chi connectivity index (χ3n) is 8.72. The zero-order valence-electron chi connectivity index (χ0n) is 31.0. The zero-order valence-corrected chi connectivity index (χ0v) is 32.6. The van der Waals surface area contributed by atoms with Crippen LogP contribution in [0.5, 0.6) is 11.5 Å². The van der Waals surface area contributed by atoms with E-state index < -0.39 is 0 Å². The molecule has 0 saturated carbocycles. The number of hydrogen-bond donors (Lipinski definition) is 2. The number of unbranched alkanes of at least 4 members (excludes halogenated alkanes) is 10. The van der Waals surface area contributed by atoms with E-state index in [0.29, 0.717) is 37.4 Å². The average molecular weight is 741 g/mol. The Balaban J connectivity index is 1.25. The Morgan fingerprint density at radius 2 is 0.904 bits per heavy atom. The zero-order chi connectivity index (χ0) is 36.6. The molecule has 4 aromatic rings. The molecule has 278 valence electrons. The first kappa shape index (κ1) is 40.9. The third-order valence-corrected chi connectivity index (χ3v) is 11.2. The highest BCUT2D eigenvalue weighted by Crippen LogP contribution is 2.40. The van der Waals surface area contributed by atoms with E-state index in [2.05, 4.69) is 24.5 Å². The van der Waals surface area contributed by atoms with Crippen molar-refractivity contribution in [2.24, 2.45) is 0 Å². The molecule has 0 radical (unpaired) electrons. The van der Waals surface area contributed by atoms with Gasteiger partial charge in [-0.1, -0.05) is 148 Å². The number of carbonyl (C=O) groups is 2. The predicted octanol–water partition coefficient (Wildman–Crippen LogP) is 11.8. The molecule has 2 amide bonds. The molecular formula is C44H56N2O4S2. The van der Waals surface area contributed by atoms with Crippen molar-refractivity contribution in [1.29, 1.82) is 0 Å². The molecule has 4 aromatic carbocycles. The molecule has 0 aliphatic rings. The minimum absolute atomic E-state index is 0.147. The van der Waals surface area contributed by atoms with Gasteiger partial charge in [-0.05, 0) is 72.5 Å². The van der Waals surface area contributed by atoms with Crippen molar-refractivity contribution in [3.63, 3.8) is 0 Å². The molecule has 2 N–H and O–H groups in total. The van der Waals surface area contributed by atoms with E-state index in [4.69, 9.17) is 9.47 Å². The summed E-state index contributed by atoms with van der Waals surface area (Å²) in [7, 11) is 2.94. The first-order valence-corrected chi connectivity index (χ1v) is 21.2. The van der Waals surface area contributed by atoms with Crippen LogP contribution < -0.4 is 20.1 Å². The van der Waals surface area contributed by atoms with Crippen molar-refractivity contribution in [2.45, 2.75) is 114 Å². The number of nitrogens with one attached hydrogen (secondary N) is 2. The number of rotatable bonds is 25. The topological polar surface area (TPSA) is 76.7 Å². The molecule has 8 heteroatoms. The van der Waals surface area contributed by atoms with Crippen LogP contribution in [0.3, 0.4) is 0 Å². The summed E-state index contributed by atoms with van der Waals surface area (Å²) in [6.45, 7) is 6.67. The van der Waals surface area contributed by atoms with Crippen LogP contribution in [0.15, 0.2) is 107 Å². The van der Waals surface area contributed by atoms with Gasteiger partial charge in [0, 0.05) is 22.9 Å². The minimum atomic E-state index is -0.147. The Kier molecular flexibility index (Phi) is 19.2. The second-order valence-electron chi connectivity index (χ2n) is 13.1. The molecule has 0 atom stereocenters. The Labute approximate surface area is 319 Å².